The largest absolute Gasteiger partial charge is 0.380 e. The number of anilines is 2. The number of pyridine rings is 1. The molecule has 1 saturated carbocycles. The average Bonchev–Trinajstić information content (AvgIpc) is 3.19. The van der Waals surface area contributed by atoms with E-state index in [4.69, 9.17) is 11.6 Å². The Morgan fingerprint density at radius 3 is 2.53 bits per heavy atom. The Kier molecular flexibility index (Phi) is 7.89. The van der Waals surface area contributed by atoms with E-state index in [0.717, 1.165) is 21.9 Å². The maximum absolute atomic E-state index is 14.6. The number of hydrogen-bond donors (Lipinski definition) is 2. The molecule has 0 spiro atoms. The lowest BCUT2D eigenvalue weighted by Gasteiger charge is -2.39. The summed E-state index contributed by atoms with van der Waals surface area (Å²) in [5.74, 6) is -6.46. The molecule has 5 rings (SSSR count). The minimum atomic E-state index is -2.95. The Morgan fingerprint density at radius 1 is 1.16 bits per heavy atom. The van der Waals surface area contributed by atoms with E-state index in [-0.39, 0.29) is 27.7 Å². The molecule has 2 heterocycles. The van der Waals surface area contributed by atoms with Crippen molar-refractivity contribution in [3.63, 3.8) is 0 Å². The number of benzene rings is 2. The molecule has 43 heavy (non-hydrogen) atoms. The Hall–Kier alpha value is -4.47. The van der Waals surface area contributed by atoms with Crippen LogP contribution in [0.2, 0.25) is 5.02 Å². The molecule has 1 saturated heterocycles. The lowest BCUT2D eigenvalue weighted by molar-refractivity contribution is -0.133. The smallest absolute Gasteiger partial charge is 0.260 e. The van der Waals surface area contributed by atoms with Gasteiger partial charge in [-0.05, 0) is 43.3 Å². The highest BCUT2D eigenvalue weighted by Crippen LogP contribution is 2.40. The first-order valence-electron chi connectivity index (χ1n) is 13.2. The van der Waals surface area contributed by atoms with Crippen LogP contribution in [0.25, 0.3) is 0 Å². The van der Waals surface area contributed by atoms with Crippen LogP contribution in [0.5, 0.6) is 0 Å². The van der Waals surface area contributed by atoms with Crippen LogP contribution in [0.3, 0.4) is 0 Å². The molecule has 2 aliphatic rings. The summed E-state index contributed by atoms with van der Waals surface area (Å²) in [6.07, 6.45) is -0.387. The molecule has 3 amide bonds. The highest BCUT2D eigenvalue weighted by molar-refractivity contribution is 6.31. The molecule has 13 heteroatoms. The van der Waals surface area contributed by atoms with Crippen molar-refractivity contribution < 1.29 is 32.7 Å². The summed E-state index contributed by atoms with van der Waals surface area (Å²) < 4.78 is 41.8. The summed E-state index contributed by atoms with van der Waals surface area (Å²) >= 11 is 6.49. The van der Waals surface area contributed by atoms with Crippen LogP contribution in [0.15, 0.2) is 66.9 Å². The van der Waals surface area contributed by atoms with Crippen molar-refractivity contribution in [3.05, 3.63) is 88.8 Å². The van der Waals surface area contributed by atoms with Crippen LogP contribution in [0, 0.1) is 17.1 Å². The fourth-order valence-corrected chi connectivity index (χ4v) is 5.60. The Bertz CT molecular complexity index is 1640. The number of nitrogens with one attached hydrogen (secondary N) is 1. The first-order chi connectivity index (χ1) is 20.3. The molecule has 3 unspecified atom stereocenters. The summed E-state index contributed by atoms with van der Waals surface area (Å²) in [7, 11) is 0. The van der Waals surface area contributed by atoms with E-state index in [1.165, 1.54) is 49.5 Å². The second kappa shape index (κ2) is 11.3. The van der Waals surface area contributed by atoms with Crippen LogP contribution in [0.1, 0.15) is 43.4 Å². The quantitative estimate of drug-likeness (QED) is 0.410. The second-order valence-electron chi connectivity index (χ2n) is 10.8. The molecule has 2 N–H and O–H groups in total. The lowest BCUT2D eigenvalue weighted by atomic mass is 9.87. The number of amides is 3. The van der Waals surface area contributed by atoms with Gasteiger partial charge in [0.2, 0.25) is 5.91 Å². The summed E-state index contributed by atoms with van der Waals surface area (Å²) in [5, 5.41) is 23.0. The molecule has 2 fully saturated rings. The molecule has 2 aromatic carbocycles. The van der Waals surface area contributed by atoms with E-state index in [9.17, 15) is 37.9 Å². The number of rotatable bonds is 7. The highest BCUT2D eigenvalue weighted by Gasteiger charge is 2.54. The van der Waals surface area contributed by atoms with Gasteiger partial charge < -0.3 is 10.4 Å². The third-order valence-electron chi connectivity index (χ3n) is 7.46. The molecule has 222 valence electrons. The monoisotopic (exact) mass is 611 g/mol. The highest BCUT2D eigenvalue weighted by atomic mass is 35.5. The van der Waals surface area contributed by atoms with Gasteiger partial charge in [0, 0.05) is 47.8 Å². The van der Waals surface area contributed by atoms with Gasteiger partial charge in [0.15, 0.2) is 0 Å². The predicted octanol–water partition coefficient (Wildman–Crippen LogP) is 4.29. The van der Waals surface area contributed by atoms with Gasteiger partial charge in [-0.3, -0.25) is 24.2 Å². The number of hydrogen-bond acceptors (Lipinski definition) is 6. The average molecular weight is 612 g/mol. The van der Waals surface area contributed by atoms with Crippen molar-refractivity contribution in [2.45, 2.75) is 55.8 Å². The van der Waals surface area contributed by atoms with Crippen molar-refractivity contribution >= 4 is 40.8 Å². The SMILES string of the molecule is CC1(O)CC(C(=O)N(c2cccc(F)c2)C(C(=O)NC2CC(F)(F)C2)c2ccccc2Cl)N(c2cc(C#N)ccn2)C1=O. The molecule has 0 radical (unpaired) electrons. The van der Waals surface area contributed by atoms with Gasteiger partial charge in [-0.25, -0.2) is 18.2 Å². The number of aromatic nitrogens is 1. The van der Waals surface area contributed by atoms with E-state index < -0.39 is 72.5 Å². The van der Waals surface area contributed by atoms with Crippen molar-refractivity contribution in [1.29, 1.82) is 5.26 Å². The van der Waals surface area contributed by atoms with E-state index in [1.807, 2.05) is 6.07 Å². The second-order valence-corrected chi connectivity index (χ2v) is 11.2. The minimum absolute atomic E-state index is 0.0607. The molecule has 3 aromatic rings. The summed E-state index contributed by atoms with van der Waals surface area (Å²) in [6, 6.07) is 11.5. The van der Waals surface area contributed by atoms with Crippen molar-refractivity contribution in [3.8, 4) is 6.07 Å². The zero-order valence-corrected chi connectivity index (χ0v) is 23.4. The number of aliphatic hydroxyl groups is 1. The molecule has 9 nitrogen and oxygen atoms in total. The lowest BCUT2D eigenvalue weighted by Crippen LogP contribution is -2.56. The topological polar surface area (TPSA) is 127 Å². The van der Waals surface area contributed by atoms with Crippen LogP contribution in [0.4, 0.5) is 24.7 Å². The van der Waals surface area contributed by atoms with Crippen LogP contribution < -0.4 is 15.1 Å². The number of nitrogens with zero attached hydrogens (tertiary/aromatic N) is 4. The van der Waals surface area contributed by atoms with Gasteiger partial charge in [0.25, 0.3) is 17.7 Å². The zero-order valence-electron chi connectivity index (χ0n) is 22.7. The molecule has 1 aliphatic heterocycles. The van der Waals surface area contributed by atoms with Gasteiger partial charge in [-0.1, -0.05) is 35.9 Å². The number of carbonyl (C=O) groups is 3. The maximum Gasteiger partial charge on any atom is 0.260 e. The summed E-state index contributed by atoms with van der Waals surface area (Å²) in [5.41, 5.74) is -1.90. The summed E-state index contributed by atoms with van der Waals surface area (Å²) in [6.45, 7) is 1.21. The molecule has 1 aromatic heterocycles. The molecule has 3 atom stereocenters. The molecular formula is C30H25ClF3N5O4. The Morgan fingerprint density at radius 2 is 1.88 bits per heavy atom. The maximum atomic E-state index is 14.6. The molecule has 0 bridgehead atoms. The normalized spacial score (nSPS) is 21.9. The fourth-order valence-electron chi connectivity index (χ4n) is 5.37. The van der Waals surface area contributed by atoms with Crippen molar-refractivity contribution in [1.82, 2.24) is 10.3 Å². The third-order valence-corrected chi connectivity index (χ3v) is 7.80. The Balaban J connectivity index is 1.65. The molecular weight excluding hydrogens is 587 g/mol. The van der Waals surface area contributed by atoms with Gasteiger partial charge in [-0.2, -0.15) is 5.26 Å². The van der Waals surface area contributed by atoms with Crippen LogP contribution in [-0.4, -0.2) is 51.4 Å². The van der Waals surface area contributed by atoms with E-state index >= 15 is 0 Å². The van der Waals surface area contributed by atoms with Crippen LogP contribution in [-0.2, 0) is 14.4 Å². The minimum Gasteiger partial charge on any atom is -0.380 e. The van der Waals surface area contributed by atoms with Crippen molar-refractivity contribution in [2.24, 2.45) is 0 Å². The van der Waals surface area contributed by atoms with E-state index in [2.05, 4.69) is 10.3 Å². The number of halogens is 4. The predicted molar refractivity (Wildman–Crippen MR) is 150 cm³/mol. The first-order valence-corrected chi connectivity index (χ1v) is 13.6. The zero-order chi connectivity index (χ0) is 31.1. The summed E-state index contributed by atoms with van der Waals surface area (Å²) in [4.78, 5) is 47.9. The third kappa shape index (κ3) is 5.91. The number of carbonyl (C=O) groups excluding carboxylic acids is 3. The van der Waals surface area contributed by atoms with Gasteiger partial charge >= 0.3 is 0 Å². The van der Waals surface area contributed by atoms with Gasteiger partial charge in [0.1, 0.15) is 29.3 Å². The number of nitriles is 1. The van der Waals surface area contributed by atoms with Crippen LogP contribution >= 0.6 is 11.6 Å². The van der Waals surface area contributed by atoms with Gasteiger partial charge in [0.05, 0.1) is 11.6 Å². The standard InChI is InChI=1S/C30H25ClF3N5O4/c1-29(43)15-23(39(28(29)42)24-11-17(16-35)9-10-36-24)27(41)38(20-6-4-5-18(32)12-20)25(21-7-2-3-8-22(21)31)26(40)37-19-13-30(33,34)14-19/h2-12,19,23,25,43H,13-15H2,1H3,(H,37,40). The number of alkyl halides is 2. The van der Waals surface area contributed by atoms with E-state index in [0.29, 0.717) is 0 Å². The van der Waals surface area contributed by atoms with E-state index in [1.54, 1.807) is 12.1 Å². The fraction of sp³-hybridized carbons (Fsp3) is 0.300. The van der Waals surface area contributed by atoms with Crippen molar-refractivity contribution in [2.75, 3.05) is 9.80 Å². The molecule has 1 aliphatic carbocycles. The van der Waals surface area contributed by atoms with Gasteiger partial charge in [-0.15, -0.1) is 0 Å². The first kappa shape index (κ1) is 30.0. The Labute approximate surface area is 249 Å².